The Kier molecular flexibility index (Phi) is 4.19. The summed E-state index contributed by atoms with van der Waals surface area (Å²) in [6, 6.07) is 9.57. The van der Waals surface area contributed by atoms with Crippen molar-refractivity contribution < 1.29 is 0 Å². The summed E-state index contributed by atoms with van der Waals surface area (Å²) in [6.07, 6.45) is 2.60. The van der Waals surface area contributed by atoms with Gasteiger partial charge >= 0.3 is 0 Å². The molecule has 2 nitrogen and oxygen atoms in total. The molecule has 0 amide bonds. The summed E-state index contributed by atoms with van der Waals surface area (Å²) in [5.41, 5.74) is 3.10. The van der Waals surface area contributed by atoms with Crippen molar-refractivity contribution in [2.45, 2.75) is 31.7 Å². The number of benzene rings is 1. The summed E-state index contributed by atoms with van der Waals surface area (Å²) in [7, 11) is 4.26. The number of fused-ring (bicyclic) bond motifs is 1. The molecule has 0 saturated carbocycles. The minimum Gasteiger partial charge on any atom is -0.318 e. The third-order valence-corrected chi connectivity index (χ3v) is 4.01. The first-order valence-electron chi connectivity index (χ1n) is 6.67. The smallest absolute Gasteiger partial charge is 0.0348 e. The molecule has 2 rings (SSSR count). The van der Waals surface area contributed by atoms with Crippen LogP contribution in [0.4, 0.5) is 0 Å². The molecular weight excluding hydrogens is 208 g/mol. The van der Waals surface area contributed by atoms with Gasteiger partial charge in [0.2, 0.25) is 0 Å². The second-order valence-electron chi connectivity index (χ2n) is 5.21. The molecule has 2 atom stereocenters. The number of nitrogens with zero attached hydrogens (tertiary/aromatic N) is 1. The topological polar surface area (TPSA) is 15.3 Å². The molecule has 94 valence electrons. The monoisotopic (exact) mass is 232 g/mol. The maximum atomic E-state index is 3.23. The second kappa shape index (κ2) is 5.65. The quantitative estimate of drug-likeness (QED) is 0.858. The van der Waals surface area contributed by atoms with E-state index in [9.17, 15) is 0 Å². The third-order valence-electron chi connectivity index (χ3n) is 4.01. The second-order valence-corrected chi connectivity index (χ2v) is 5.21. The Morgan fingerprint density at radius 3 is 2.65 bits per heavy atom. The van der Waals surface area contributed by atoms with Crippen molar-refractivity contribution in [1.82, 2.24) is 10.2 Å². The van der Waals surface area contributed by atoms with Gasteiger partial charge in [0.1, 0.15) is 0 Å². The van der Waals surface area contributed by atoms with Gasteiger partial charge in [-0.1, -0.05) is 31.2 Å². The summed E-state index contributed by atoms with van der Waals surface area (Å²) in [4.78, 5) is 2.49. The fourth-order valence-corrected chi connectivity index (χ4v) is 2.88. The van der Waals surface area contributed by atoms with E-state index in [-0.39, 0.29) is 0 Å². The number of hydrogen-bond acceptors (Lipinski definition) is 2. The molecular formula is C15H24N2. The van der Waals surface area contributed by atoms with Crippen LogP contribution in [-0.4, -0.2) is 32.1 Å². The molecule has 1 aromatic rings. The van der Waals surface area contributed by atoms with E-state index in [4.69, 9.17) is 0 Å². The molecule has 0 spiro atoms. The van der Waals surface area contributed by atoms with Gasteiger partial charge in [-0.05, 0) is 44.0 Å². The summed E-state index contributed by atoms with van der Waals surface area (Å²) >= 11 is 0. The van der Waals surface area contributed by atoms with Gasteiger partial charge in [0.05, 0.1) is 0 Å². The molecule has 0 aliphatic heterocycles. The summed E-state index contributed by atoms with van der Waals surface area (Å²) in [6.45, 7) is 4.53. The number of hydrogen-bond donors (Lipinski definition) is 1. The van der Waals surface area contributed by atoms with Crippen LogP contribution in [0.25, 0.3) is 0 Å². The van der Waals surface area contributed by atoms with E-state index >= 15 is 0 Å². The van der Waals surface area contributed by atoms with Gasteiger partial charge in [-0.15, -0.1) is 0 Å². The highest BCUT2D eigenvalue weighted by Crippen LogP contribution is 2.39. The van der Waals surface area contributed by atoms with Crippen molar-refractivity contribution in [3.63, 3.8) is 0 Å². The van der Waals surface area contributed by atoms with Gasteiger partial charge in [-0.3, -0.25) is 4.90 Å². The van der Waals surface area contributed by atoms with Crippen LogP contribution in [-0.2, 0) is 0 Å². The molecule has 1 aromatic carbocycles. The minimum atomic E-state index is 0.607. The summed E-state index contributed by atoms with van der Waals surface area (Å²) in [5, 5.41) is 3.23. The fraction of sp³-hybridized carbons (Fsp3) is 0.600. The fourth-order valence-electron chi connectivity index (χ4n) is 2.88. The van der Waals surface area contributed by atoms with Crippen LogP contribution in [0.1, 0.15) is 42.9 Å². The van der Waals surface area contributed by atoms with Crippen molar-refractivity contribution in [3.05, 3.63) is 35.4 Å². The molecule has 0 radical (unpaired) electrons. The highest BCUT2D eigenvalue weighted by Gasteiger charge is 2.26. The van der Waals surface area contributed by atoms with Crippen LogP contribution in [0.3, 0.4) is 0 Å². The minimum absolute atomic E-state index is 0.607. The van der Waals surface area contributed by atoms with Crippen molar-refractivity contribution >= 4 is 0 Å². The van der Waals surface area contributed by atoms with E-state index in [0.29, 0.717) is 6.04 Å². The zero-order valence-corrected chi connectivity index (χ0v) is 11.2. The van der Waals surface area contributed by atoms with Gasteiger partial charge in [0.15, 0.2) is 0 Å². The van der Waals surface area contributed by atoms with Crippen LogP contribution in [0.5, 0.6) is 0 Å². The van der Waals surface area contributed by atoms with Crippen molar-refractivity contribution in [2.24, 2.45) is 0 Å². The van der Waals surface area contributed by atoms with E-state index in [0.717, 1.165) is 19.0 Å². The normalized spacial score (nSPS) is 23.8. The number of likely N-dealkylation sites (N-methyl/N-ethyl adjacent to an activating group) is 2. The Morgan fingerprint density at radius 1 is 1.24 bits per heavy atom. The van der Waals surface area contributed by atoms with Gasteiger partial charge in [0, 0.05) is 19.1 Å². The van der Waals surface area contributed by atoms with Crippen LogP contribution in [0, 0.1) is 0 Å². The predicted octanol–water partition coefficient (Wildman–Crippen LogP) is 2.78. The first kappa shape index (κ1) is 12.6. The largest absolute Gasteiger partial charge is 0.318 e. The van der Waals surface area contributed by atoms with Crippen LogP contribution in [0.15, 0.2) is 24.3 Å². The Bertz CT molecular complexity index is 362. The summed E-state index contributed by atoms with van der Waals surface area (Å²) < 4.78 is 0. The maximum Gasteiger partial charge on any atom is 0.0348 e. The average molecular weight is 232 g/mol. The SMILES string of the molecule is CNCCN(C)C1CCC(C)c2ccccc21. The Labute approximate surface area is 105 Å². The average Bonchev–Trinajstić information content (AvgIpc) is 2.37. The van der Waals surface area contributed by atoms with Crippen molar-refractivity contribution in [2.75, 3.05) is 27.2 Å². The number of rotatable bonds is 4. The lowest BCUT2D eigenvalue weighted by Crippen LogP contribution is -2.33. The van der Waals surface area contributed by atoms with Crippen LogP contribution < -0.4 is 5.32 Å². The molecule has 0 aromatic heterocycles. The van der Waals surface area contributed by atoms with Gasteiger partial charge in [0.25, 0.3) is 0 Å². The van der Waals surface area contributed by atoms with Gasteiger partial charge in [-0.25, -0.2) is 0 Å². The van der Waals surface area contributed by atoms with E-state index in [1.165, 1.54) is 12.8 Å². The first-order valence-corrected chi connectivity index (χ1v) is 6.67. The molecule has 0 heterocycles. The first-order chi connectivity index (χ1) is 8.24. The zero-order valence-electron chi connectivity index (χ0n) is 11.2. The van der Waals surface area contributed by atoms with Crippen molar-refractivity contribution in [3.8, 4) is 0 Å². The number of nitrogens with one attached hydrogen (secondary N) is 1. The molecule has 1 aliphatic rings. The van der Waals surface area contributed by atoms with Crippen molar-refractivity contribution in [1.29, 1.82) is 0 Å². The molecule has 2 heteroatoms. The van der Waals surface area contributed by atoms with E-state index in [1.54, 1.807) is 11.1 Å². The predicted molar refractivity (Wildman–Crippen MR) is 73.4 cm³/mol. The van der Waals surface area contributed by atoms with Gasteiger partial charge < -0.3 is 5.32 Å². The lowest BCUT2D eigenvalue weighted by molar-refractivity contribution is 0.217. The molecule has 1 aliphatic carbocycles. The highest BCUT2D eigenvalue weighted by atomic mass is 15.1. The Balaban J connectivity index is 2.18. The van der Waals surface area contributed by atoms with Crippen LogP contribution in [0.2, 0.25) is 0 Å². The van der Waals surface area contributed by atoms with Gasteiger partial charge in [-0.2, -0.15) is 0 Å². The summed E-state index contributed by atoms with van der Waals surface area (Å²) in [5.74, 6) is 0.722. The zero-order chi connectivity index (χ0) is 12.3. The molecule has 1 N–H and O–H groups in total. The third kappa shape index (κ3) is 2.70. The Morgan fingerprint density at radius 2 is 1.94 bits per heavy atom. The standard InChI is InChI=1S/C15H24N2/c1-12-8-9-15(17(3)11-10-16-2)14-7-5-4-6-13(12)14/h4-7,12,15-16H,8-11H2,1-3H3. The van der Waals surface area contributed by atoms with E-state index in [1.807, 2.05) is 7.05 Å². The molecule has 0 bridgehead atoms. The molecule has 2 unspecified atom stereocenters. The van der Waals surface area contributed by atoms with E-state index in [2.05, 4.69) is 48.5 Å². The Hall–Kier alpha value is -0.860. The van der Waals surface area contributed by atoms with Crippen LogP contribution >= 0.6 is 0 Å². The highest BCUT2D eigenvalue weighted by molar-refractivity contribution is 5.34. The lowest BCUT2D eigenvalue weighted by Gasteiger charge is -2.35. The maximum absolute atomic E-state index is 3.23. The lowest BCUT2D eigenvalue weighted by atomic mass is 9.80. The van der Waals surface area contributed by atoms with E-state index < -0.39 is 0 Å². The molecule has 0 saturated heterocycles. The molecule has 17 heavy (non-hydrogen) atoms. The molecule has 0 fully saturated rings.